The molecule has 0 radical (unpaired) electrons. The van der Waals surface area contributed by atoms with E-state index in [9.17, 15) is 0 Å². The van der Waals surface area contributed by atoms with E-state index in [0.717, 1.165) is 38.1 Å². The summed E-state index contributed by atoms with van der Waals surface area (Å²) in [6.45, 7) is 4.74. The molecule has 0 saturated heterocycles. The summed E-state index contributed by atoms with van der Waals surface area (Å²) in [6, 6.07) is 2.09. The molecular weight excluding hydrogens is 296 g/mol. The van der Waals surface area contributed by atoms with Crippen molar-refractivity contribution < 1.29 is 4.74 Å². The van der Waals surface area contributed by atoms with Crippen molar-refractivity contribution in [3.05, 3.63) is 22.5 Å². The van der Waals surface area contributed by atoms with Crippen molar-refractivity contribution in [2.45, 2.75) is 32.5 Å². The van der Waals surface area contributed by atoms with Gasteiger partial charge in [0.2, 0.25) is 0 Å². The molecule has 3 aromatic heterocycles. The lowest BCUT2D eigenvalue weighted by atomic mass is 9.95. The molecule has 1 aliphatic heterocycles. The van der Waals surface area contributed by atoms with Crippen LogP contribution in [0.25, 0.3) is 20.4 Å². The highest BCUT2D eigenvalue weighted by molar-refractivity contribution is 7.25. The Hall–Kier alpha value is -1.37. The Bertz CT molecular complexity index is 845. The molecule has 0 amide bonds. The summed E-state index contributed by atoms with van der Waals surface area (Å²) in [5, 5.41) is 12.9. The van der Waals surface area contributed by atoms with Crippen LogP contribution in [-0.4, -0.2) is 26.0 Å². The van der Waals surface area contributed by atoms with Crippen LogP contribution in [-0.2, 0) is 17.8 Å². The van der Waals surface area contributed by atoms with Gasteiger partial charge in [0.15, 0.2) is 5.15 Å². The first-order chi connectivity index (χ1) is 9.53. The lowest BCUT2D eigenvalue weighted by Crippen LogP contribution is -2.32. The zero-order chi connectivity index (χ0) is 13.9. The average molecular weight is 307 g/mol. The fourth-order valence-electron chi connectivity index (χ4n) is 2.48. The van der Waals surface area contributed by atoms with Gasteiger partial charge in [-0.25, -0.2) is 4.98 Å². The minimum Gasteiger partial charge on any atom is -0.370 e. The van der Waals surface area contributed by atoms with E-state index in [0.29, 0.717) is 11.8 Å². The summed E-state index contributed by atoms with van der Waals surface area (Å²) < 4.78 is 6.68. The Morgan fingerprint density at radius 3 is 3.05 bits per heavy atom. The first-order valence-electron chi connectivity index (χ1n) is 6.27. The monoisotopic (exact) mass is 306 g/mol. The number of aromatic nitrogens is 4. The molecule has 102 valence electrons. The Morgan fingerprint density at radius 1 is 1.35 bits per heavy atom. The number of nitrogens with zero attached hydrogens (tertiary/aromatic N) is 4. The van der Waals surface area contributed by atoms with Crippen LogP contribution in [0.4, 0.5) is 0 Å². The summed E-state index contributed by atoms with van der Waals surface area (Å²) in [6.07, 6.45) is 0.810. The first-order valence-corrected chi connectivity index (χ1v) is 7.47. The Balaban J connectivity index is 2.02. The second-order valence-corrected chi connectivity index (χ2v) is 6.89. The van der Waals surface area contributed by atoms with Crippen molar-refractivity contribution in [2.24, 2.45) is 0 Å². The maximum Gasteiger partial charge on any atom is 0.172 e. The summed E-state index contributed by atoms with van der Waals surface area (Å²) in [7, 11) is 0. The van der Waals surface area contributed by atoms with Crippen molar-refractivity contribution in [1.82, 2.24) is 20.4 Å². The number of rotatable bonds is 0. The maximum atomic E-state index is 6.08. The van der Waals surface area contributed by atoms with E-state index in [1.807, 2.05) is 0 Å². The second-order valence-electron chi connectivity index (χ2n) is 5.53. The highest BCUT2D eigenvalue weighted by Crippen LogP contribution is 2.37. The number of ether oxygens (including phenoxy) is 1. The molecule has 0 spiro atoms. The summed E-state index contributed by atoms with van der Waals surface area (Å²) >= 11 is 7.59. The van der Waals surface area contributed by atoms with Gasteiger partial charge in [0.05, 0.1) is 22.6 Å². The topological polar surface area (TPSA) is 60.8 Å². The van der Waals surface area contributed by atoms with Gasteiger partial charge in [-0.05, 0) is 25.1 Å². The Kier molecular flexibility index (Phi) is 2.52. The molecule has 1 aliphatic rings. The van der Waals surface area contributed by atoms with Crippen molar-refractivity contribution in [3.63, 3.8) is 0 Å². The Labute approximate surface area is 123 Å². The third-order valence-electron chi connectivity index (χ3n) is 3.50. The summed E-state index contributed by atoms with van der Waals surface area (Å²) in [5.74, 6) is 0. The van der Waals surface area contributed by atoms with Gasteiger partial charge < -0.3 is 4.74 Å². The van der Waals surface area contributed by atoms with Gasteiger partial charge in [-0.15, -0.1) is 21.5 Å². The highest BCUT2D eigenvalue weighted by Gasteiger charge is 2.28. The average Bonchev–Trinajstić information content (AvgIpc) is 2.75. The first kappa shape index (κ1) is 12.4. The zero-order valence-electron chi connectivity index (χ0n) is 11.0. The molecule has 0 aliphatic carbocycles. The van der Waals surface area contributed by atoms with Crippen LogP contribution in [0, 0.1) is 0 Å². The van der Waals surface area contributed by atoms with Gasteiger partial charge in [0.1, 0.15) is 10.3 Å². The predicted octanol–water partition coefficient (Wildman–Crippen LogP) is 3.14. The highest BCUT2D eigenvalue weighted by atomic mass is 35.5. The molecule has 4 heterocycles. The third kappa shape index (κ3) is 1.79. The molecule has 0 unspecified atom stereocenters. The summed E-state index contributed by atoms with van der Waals surface area (Å²) in [5.41, 5.74) is 2.82. The SMILES string of the molecule is CC1(C)Cc2nc3sc4c(Cl)nnnc4c3cc2CO1. The van der Waals surface area contributed by atoms with Crippen molar-refractivity contribution in [1.29, 1.82) is 0 Å². The molecule has 4 rings (SSSR count). The molecule has 0 bridgehead atoms. The molecule has 20 heavy (non-hydrogen) atoms. The molecule has 0 fully saturated rings. The van der Waals surface area contributed by atoms with Gasteiger partial charge in [-0.1, -0.05) is 11.6 Å². The largest absolute Gasteiger partial charge is 0.370 e. The molecule has 3 aromatic rings. The van der Waals surface area contributed by atoms with E-state index < -0.39 is 0 Å². The van der Waals surface area contributed by atoms with Crippen LogP contribution in [0.2, 0.25) is 5.15 Å². The number of pyridine rings is 1. The normalized spacial score (nSPS) is 17.6. The smallest absolute Gasteiger partial charge is 0.172 e. The quantitative estimate of drug-likeness (QED) is 0.638. The van der Waals surface area contributed by atoms with E-state index in [1.54, 1.807) is 0 Å². The van der Waals surface area contributed by atoms with E-state index in [-0.39, 0.29) is 5.60 Å². The lowest BCUT2D eigenvalue weighted by molar-refractivity contribution is -0.0411. The minimum atomic E-state index is -0.163. The van der Waals surface area contributed by atoms with Crippen LogP contribution in [0.5, 0.6) is 0 Å². The van der Waals surface area contributed by atoms with Crippen LogP contribution >= 0.6 is 22.9 Å². The van der Waals surface area contributed by atoms with Crippen molar-refractivity contribution in [3.8, 4) is 0 Å². The standard InChI is InChI=1S/C13H11ClN4OS/c1-13(2)4-8-6(5-19-13)3-7-9-10(20-12(7)15-8)11(14)17-18-16-9/h3H,4-5H2,1-2H3. The van der Waals surface area contributed by atoms with Gasteiger partial charge in [0.25, 0.3) is 0 Å². The van der Waals surface area contributed by atoms with Crippen molar-refractivity contribution in [2.75, 3.05) is 0 Å². The number of hydrogen-bond donors (Lipinski definition) is 0. The number of thiophene rings is 1. The number of halogens is 1. The molecule has 7 heteroatoms. The molecule has 0 N–H and O–H groups in total. The molecule has 0 aromatic carbocycles. The minimum absolute atomic E-state index is 0.163. The molecule has 5 nitrogen and oxygen atoms in total. The van der Waals surface area contributed by atoms with Crippen molar-refractivity contribution >= 4 is 43.4 Å². The fourth-order valence-corrected chi connectivity index (χ4v) is 3.71. The molecule has 0 saturated carbocycles. The van der Waals surface area contributed by atoms with Crippen LogP contribution in [0.15, 0.2) is 6.07 Å². The van der Waals surface area contributed by atoms with Gasteiger partial charge in [-0.2, -0.15) is 0 Å². The third-order valence-corrected chi connectivity index (χ3v) is 4.97. The van der Waals surface area contributed by atoms with Gasteiger partial charge in [-0.3, -0.25) is 0 Å². The molecular formula is C13H11ClN4OS. The van der Waals surface area contributed by atoms with Crippen LogP contribution < -0.4 is 0 Å². The Morgan fingerprint density at radius 2 is 2.20 bits per heavy atom. The van der Waals surface area contributed by atoms with Crippen LogP contribution in [0.3, 0.4) is 0 Å². The van der Waals surface area contributed by atoms with Gasteiger partial charge >= 0.3 is 0 Å². The fraction of sp³-hybridized carbons (Fsp3) is 0.385. The lowest BCUT2D eigenvalue weighted by Gasteiger charge is -2.30. The number of fused-ring (bicyclic) bond motifs is 4. The summed E-state index contributed by atoms with van der Waals surface area (Å²) in [4.78, 5) is 5.71. The zero-order valence-corrected chi connectivity index (χ0v) is 12.5. The molecule has 0 atom stereocenters. The second kappa shape index (κ2) is 4.07. The van der Waals surface area contributed by atoms with Crippen LogP contribution in [0.1, 0.15) is 25.1 Å². The van der Waals surface area contributed by atoms with E-state index in [2.05, 4.69) is 35.3 Å². The van der Waals surface area contributed by atoms with E-state index in [1.165, 1.54) is 11.3 Å². The predicted molar refractivity (Wildman–Crippen MR) is 78.1 cm³/mol. The van der Waals surface area contributed by atoms with E-state index in [4.69, 9.17) is 21.3 Å². The van der Waals surface area contributed by atoms with Gasteiger partial charge in [0, 0.05) is 17.4 Å². The number of hydrogen-bond acceptors (Lipinski definition) is 6. The maximum absolute atomic E-state index is 6.08. The van der Waals surface area contributed by atoms with E-state index >= 15 is 0 Å².